The van der Waals surface area contributed by atoms with Gasteiger partial charge in [-0.2, -0.15) is 0 Å². The molecule has 0 spiro atoms. The van der Waals surface area contributed by atoms with E-state index in [9.17, 15) is 4.79 Å². The molecule has 0 radical (unpaired) electrons. The van der Waals surface area contributed by atoms with Gasteiger partial charge in [-0.3, -0.25) is 4.79 Å². The molecule has 2 atom stereocenters. The van der Waals surface area contributed by atoms with Crippen LogP contribution in [-0.2, 0) is 4.79 Å². The number of hydrogen-bond acceptors (Lipinski definition) is 2. The van der Waals surface area contributed by atoms with Gasteiger partial charge in [0.15, 0.2) is 0 Å². The molecule has 1 heterocycles. The molecule has 1 aliphatic heterocycles. The molecule has 70 valence electrons. The number of carbonyl (C=O) groups excluding carboxylic acids is 1. The fourth-order valence-corrected chi connectivity index (χ4v) is 1.69. The summed E-state index contributed by atoms with van der Waals surface area (Å²) < 4.78 is 0. The molecule has 1 amide bonds. The summed E-state index contributed by atoms with van der Waals surface area (Å²) in [6.45, 7) is 4.74. The van der Waals surface area contributed by atoms with Gasteiger partial charge in [-0.15, -0.1) is 0 Å². The average Bonchev–Trinajstić information content (AvgIpc) is 2.04. The number of nitrogens with two attached hydrogens (primary N) is 1. The molecule has 0 aliphatic carbocycles. The van der Waals surface area contributed by atoms with E-state index in [0.29, 0.717) is 6.04 Å². The Balaban J connectivity index is 2.53. The summed E-state index contributed by atoms with van der Waals surface area (Å²) in [6, 6.07) is 0.0443. The Hall–Kier alpha value is -0.570. The number of piperidine rings is 1. The van der Waals surface area contributed by atoms with Crippen molar-refractivity contribution in [2.75, 3.05) is 6.54 Å². The first-order valence-electron chi connectivity index (χ1n) is 4.69. The summed E-state index contributed by atoms with van der Waals surface area (Å²) in [5.41, 5.74) is 5.54. The van der Waals surface area contributed by atoms with Gasteiger partial charge in [0, 0.05) is 12.6 Å². The fraction of sp³-hybridized carbons (Fsp3) is 0.889. The summed E-state index contributed by atoms with van der Waals surface area (Å²) in [7, 11) is 0. The molecule has 0 aromatic carbocycles. The summed E-state index contributed by atoms with van der Waals surface area (Å²) in [5.74, 6) is 0.0993. The lowest BCUT2D eigenvalue weighted by molar-refractivity contribution is -0.135. The average molecular weight is 170 g/mol. The largest absolute Gasteiger partial charge is 0.339 e. The summed E-state index contributed by atoms with van der Waals surface area (Å²) >= 11 is 0. The third kappa shape index (κ3) is 1.97. The molecule has 3 heteroatoms. The zero-order valence-electron chi connectivity index (χ0n) is 7.92. The van der Waals surface area contributed by atoms with Crippen LogP contribution in [0.5, 0.6) is 0 Å². The molecule has 1 aliphatic rings. The monoisotopic (exact) mass is 170 g/mol. The van der Waals surface area contributed by atoms with E-state index in [1.807, 2.05) is 4.90 Å². The molecular formula is C9H18N2O. The molecule has 1 fully saturated rings. The second kappa shape index (κ2) is 3.90. The van der Waals surface area contributed by atoms with Gasteiger partial charge < -0.3 is 10.6 Å². The first-order chi connectivity index (χ1) is 5.63. The Morgan fingerprint density at radius 2 is 2.25 bits per heavy atom. The standard InChI is InChI=1S/C9H18N2O/c1-7-5-3-4-6-11(7)9(12)8(2)10/h7-8H,3-6,10H2,1-2H3/t7?,8-/m0/s1. The van der Waals surface area contributed by atoms with E-state index in [1.165, 1.54) is 6.42 Å². The van der Waals surface area contributed by atoms with Crippen LogP contribution in [0.3, 0.4) is 0 Å². The maximum Gasteiger partial charge on any atom is 0.239 e. The van der Waals surface area contributed by atoms with Gasteiger partial charge in [0.1, 0.15) is 0 Å². The fourth-order valence-electron chi connectivity index (χ4n) is 1.69. The maximum atomic E-state index is 11.5. The third-order valence-electron chi connectivity index (χ3n) is 2.48. The molecule has 0 aromatic heterocycles. The van der Waals surface area contributed by atoms with Crippen LogP contribution < -0.4 is 5.73 Å². The number of rotatable bonds is 1. The van der Waals surface area contributed by atoms with E-state index in [1.54, 1.807) is 6.92 Å². The van der Waals surface area contributed by atoms with Crippen molar-refractivity contribution in [3.8, 4) is 0 Å². The van der Waals surface area contributed by atoms with Crippen molar-refractivity contribution in [3.05, 3.63) is 0 Å². The Bertz CT molecular complexity index is 168. The van der Waals surface area contributed by atoms with Gasteiger partial charge in [0.05, 0.1) is 6.04 Å². The highest BCUT2D eigenvalue weighted by Crippen LogP contribution is 2.16. The van der Waals surface area contributed by atoms with Gasteiger partial charge >= 0.3 is 0 Å². The van der Waals surface area contributed by atoms with Crippen molar-refractivity contribution < 1.29 is 4.79 Å². The second-order valence-electron chi connectivity index (χ2n) is 3.67. The quantitative estimate of drug-likeness (QED) is 0.630. The Labute approximate surface area is 73.9 Å². The van der Waals surface area contributed by atoms with Crippen molar-refractivity contribution in [1.29, 1.82) is 0 Å². The van der Waals surface area contributed by atoms with Gasteiger partial charge in [-0.25, -0.2) is 0 Å². The molecular weight excluding hydrogens is 152 g/mol. The molecule has 0 saturated carbocycles. The molecule has 3 nitrogen and oxygen atoms in total. The van der Waals surface area contributed by atoms with E-state index in [4.69, 9.17) is 5.73 Å². The van der Waals surface area contributed by atoms with E-state index in [0.717, 1.165) is 19.4 Å². The highest BCUT2D eigenvalue weighted by Gasteiger charge is 2.24. The molecule has 1 rings (SSSR count). The van der Waals surface area contributed by atoms with E-state index in [2.05, 4.69) is 6.92 Å². The van der Waals surface area contributed by atoms with Crippen molar-refractivity contribution in [2.24, 2.45) is 5.73 Å². The SMILES string of the molecule is CC1CCCCN1C(=O)[C@H](C)N. The third-order valence-corrected chi connectivity index (χ3v) is 2.48. The van der Waals surface area contributed by atoms with Crippen molar-refractivity contribution >= 4 is 5.91 Å². The number of likely N-dealkylation sites (tertiary alicyclic amines) is 1. The Morgan fingerprint density at radius 1 is 1.58 bits per heavy atom. The van der Waals surface area contributed by atoms with E-state index in [-0.39, 0.29) is 11.9 Å². The van der Waals surface area contributed by atoms with Gasteiger partial charge in [-0.1, -0.05) is 0 Å². The zero-order valence-corrected chi connectivity index (χ0v) is 7.92. The lowest BCUT2D eigenvalue weighted by Crippen LogP contribution is -2.48. The first-order valence-corrected chi connectivity index (χ1v) is 4.69. The number of amides is 1. The Kier molecular flexibility index (Phi) is 3.09. The smallest absolute Gasteiger partial charge is 0.239 e. The minimum atomic E-state index is -0.342. The van der Waals surface area contributed by atoms with Crippen LogP contribution in [0.1, 0.15) is 33.1 Å². The first kappa shape index (κ1) is 9.52. The van der Waals surface area contributed by atoms with Crippen molar-refractivity contribution in [1.82, 2.24) is 4.90 Å². The molecule has 12 heavy (non-hydrogen) atoms. The van der Waals surface area contributed by atoms with Crippen LogP contribution in [0.25, 0.3) is 0 Å². The van der Waals surface area contributed by atoms with Crippen LogP contribution in [0.2, 0.25) is 0 Å². The molecule has 0 aromatic rings. The summed E-state index contributed by atoms with van der Waals surface area (Å²) in [4.78, 5) is 13.4. The topological polar surface area (TPSA) is 46.3 Å². The summed E-state index contributed by atoms with van der Waals surface area (Å²) in [5, 5.41) is 0. The lowest BCUT2D eigenvalue weighted by Gasteiger charge is -2.34. The maximum absolute atomic E-state index is 11.5. The predicted octanol–water partition coefficient (Wildman–Crippen LogP) is 0.735. The summed E-state index contributed by atoms with van der Waals surface area (Å²) in [6.07, 6.45) is 3.49. The molecule has 1 saturated heterocycles. The number of hydrogen-bond donors (Lipinski definition) is 1. The highest BCUT2D eigenvalue weighted by molar-refractivity contribution is 5.81. The minimum absolute atomic E-state index is 0.0993. The minimum Gasteiger partial charge on any atom is -0.339 e. The van der Waals surface area contributed by atoms with Gasteiger partial charge in [0.25, 0.3) is 0 Å². The molecule has 1 unspecified atom stereocenters. The molecule has 2 N–H and O–H groups in total. The normalized spacial score (nSPS) is 26.9. The Morgan fingerprint density at radius 3 is 2.75 bits per heavy atom. The zero-order chi connectivity index (χ0) is 9.14. The van der Waals surface area contributed by atoms with Gasteiger partial charge in [-0.05, 0) is 33.1 Å². The van der Waals surface area contributed by atoms with Crippen molar-refractivity contribution in [3.63, 3.8) is 0 Å². The number of nitrogens with zero attached hydrogens (tertiary/aromatic N) is 1. The predicted molar refractivity (Wildman–Crippen MR) is 48.7 cm³/mol. The highest BCUT2D eigenvalue weighted by atomic mass is 16.2. The van der Waals surface area contributed by atoms with Crippen LogP contribution in [0.4, 0.5) is 0 Å². The van der Waals surface area contributed by atoms with Crippen LogP contribution >= 0.6 is 0 Å². The lowest BCUT2D eigenvalue weighted by atomic mass is 10.0. The van der Waals surface area contributed by atoms with Crippen LogP contribution in [0.15, 0.2) is 0 Å². The van der Waals surface area contributed by atoms with E-state index < -0.39 is 0 Å². The van der Waals surface area contributed by atoms with Gasteiger partial charge in [0.2, 0.25) is 5.91 Å². The van der Waals surface area contributed by atoms with E-state index >= 15 is 0 Å². The van der Waals surface area contributed by atoms with Crippen LogP contribution in [0, 0.1) is 0 Å². The molecule has 0 bridgehead atoms. The van der Waals surface area contributed by atoms with Crippen molar-refractivity contribution in [2.45, 2.75) is 45.2 Å². The number of carbonyl (C=O) groups is 1. The van der Waals surface area contributed by atoms with Crippen LogP contribution in [-0.4, -0.2) is 29.4 Å². The second-order valence-corrected chi connectivity index (χ2v) is 3.67.